The van der Waals surface area contributed by atoms with E-state index in [0.717, 1.165) is 35.7 Å². The van der Waals surface area contributed by atoms with Crippen molar-refractivity contribution in [3.05, 3.63) is 15.8 Å². The van der Waals surface area contributed by atoms with Gasteiger partial charge in [-0.2, -0.15) is 4.31 Å². The SMILES string of the molecule is Cc1cc(S(=O)(=O)N(C)C2CCCNC2)c(C)s1. The summed E-state index contributed by atoms with van der Waals surface area (Å²) >= 11 is 1.54. The fourth-order valence-electron chi connectivity index (χ4n) is 2.36. The van der Waals surface area contributed by atoms with E-state index in [2.05, 4.69) is 5.32 Å². The van der Waals surface area contributed by atoms with Crippen molar-refractivity contribution in [3.63, 3.8) is 0 Å². The summed E-state index contributed by atoms with van der Waals surface area (Å²) in [7, 11) is -1.65. The van der Waals surface area contributed by atoms with E-state index in [0.29, 0.717) is 4.90 Å². The first-order valence-electron chi connectivity index (χ1n) is 6.18. The lowest BCUT2D eigenvalue weighted by Crippen LogP contribution is -2.46. The van der Waals surface area contributed by atoms with Crippen LogP contribution in [0.25, 0.3) is 0 Å². The molecule has 0 aromatic carbocycles. The minimum atomic E-state index is -3.34. The van der Waals surface area contributed by atoms with E-state index in [9.17, 15) is 8.42 Å². The molecule has 0 amide bonds. The number of nitrogens with one attached hydrogen (secondary N) is 1. The Balaban J connectivity index is 2.27. The molecule has 18 heavy (non-hydrogen) atoms. The Kier molecular flexibility index (Phi) is 4.11. The summed E-state index contributed by atoms with van der Waals surface area (Å²) in [6.45, 7) is 5.55. The summed E-state index contributed by atoms with van der Waals surface area (Å²) in [6, 6.07) is 1.85. The van der Waals surface area contributed by atoms with Gasteiger partial charge in [0.1, 0.15) is 0 Å². The van der Waals surface area contributed by atoms with Crippen LogP contribution in [-0.4, -0.2) is 38.9 Å². The molecule has 0 bridgehead atoms. The van der Waals surface area contributed by atoms with Crippen LogP contribution in [0.3, 0.4) is 0 Å². The molecule has 0 spiro atoms. The number of sulfonamides is 1. The average molecular weight is 288 g/mol. The normalized spacial score (nSPS) is 21.4. The summed E-state index contributed by atoms with van der Waals surface area (Å²) in [5.41, 5.74) is 0. The summed E-state index contributed by atoms with van der Waals surface area (Å²) in [6.07, 6.45) is 1.97. The Morgan fingerprint density at radius 1 is 1.44 bits per heavy atom. The third-order valence-corrected chi connectivity index (χ3v) is 6.57. The highest BCUT2D eigenvalue weighted by Crippen LogP contribution is 2.28. The van der Waals surface area contributed by atoms with Gasteiger partial charge >= 0.3 is 0 Å². The molecule has 1 N–H and O–H groups in total. The minimum Gasteiger partial charge on any atom is -0.315 e. The monoisotopic (exact) mass is 288 g/mol. The maximum absolute atomic E-state index is 12.6. The van der Waals surface area contributed by atoms with Crippen LogP contribution in [0.1, 0.15) is 22.6 Å². The molecule has 1 aromatic rings. The fourth-order valence-corrected chi connectivity index (χ4v) is 5.27. The molecule has 1 atom stereocenters. The smallest absolute Gasteiger partial charge is 0.244 e. The second kappa shape index (κ2) is 5.28. The number of rotatable bonds is 3. The van der Waals surface area contributed by atoms with Crippen molar-refractivity contribution in [2.24, 2.45) is 0 Å². The number of likely N-dealkylation sites (N-methyl/N-ethyl adjacent to an activating group) is 1. The summed E-state index contributed by atoms with van der Waals surface area (Å²) in [4.78, 5) is 2.39. The van der Waals surface area contributed by atoms with E-state index in [1.54, 1.807) is 13.1 Å². The Morgan fingerprint density at radius 2 is 2.17 bits per heavy atom. The zero-order chi connectivity index (χ0) is 13.3. The number of thiophene rings is 1. The summed E-state index contributed by atoms with van der Waals surface area (Å²) in [5.74, 6) is 0. The maximum Gasteiger partial charge on any atom is 0.244 e. The van der Waals surface area contributed by atoms with Crippen molar-refractivity contribution >= 4 is 21.4 Å². The predicted octanol–water partition coefficient (Wildman–Crippen LogP) is 1.74. The number of hydrogen-bond donors (Lipinski definition) is 1. The van der Waals surface area contributed by atoms with E-state index in [4.69, 9.17) is 0 Å². The Labute approximate surface area is 113 Å². The van der Waals surface area contributed by atoms with Gasteiger partial charge in [-0.3, -0.25) is 0 Å². The molecule has 2 heterocycles. The molecule has 6 heteroatoms. The molecule has 0 aliphatic carbocycles. The van der Waals surface area contributed by atoms with Crippen LogP contribution in [0.5, 0.6) is 0 Å². The number of aryl methyl sites for hydroxylation is 2. The molecule has 1 fully saturated rings. The van der Waals surface area contributed by atoms with Crippen LogP contribution in [0.15, 0.2) is 11.0 Å². The standard InChI is InChI=1S/C12H20N2O2S2/c1-9-7-12(10(2)17-9)18(15,16)14(3)11-5-4-6-13-8-11/h7,11,13H,4-6,8H2,1-3H3. The van der Waals surface area contributed by atoms with Crippen LogP contribution in [0.2, 0.25) is 0 Å². The highest BCUT2D eigenvalue weighted by atomic mass is 32.2. The predicted molar refractivity (Wildman–Crippen MR) is 74.6 cm³/mol. The summed E-state index contributed by atoms with van der Waals surface area (Å²) in [5, 5.41) is 3.26. The van der Waals surface area contributed by atoms with Gasteiger partial charge in [0, 0.05) is 29.4 Å². The third kappa shape index (κ3) is 2.61. The molecule has 1 aliphatic rings. The minimum absolute atomic E-state index is 0.0726. The number of piperidine rings is 1. The molecule has 102 valence electrons. The first-order chi connectivity index (χ1) is 8.43. The lowest BCUT2D eigenvalue weighted by molar-refractivity contribution is 0.300. The Hall–Kier alpha value is -0.430. The summed E-state index contributed by atoms with van der Waals surface area (Å²) < 4.78 is 26.7. The lowest BCUT2D eigenvalue weighted by Gasteiger charge is -2.30. The topological polar surface area (TPSA) is 49.4 Å². The van der Waals surface area contributed by atoms with Crippen LogP contribution in [-0.2, 0) is 10.0 Å². The van der Waals surface area contributed by atoms with Gasteiger partial charge in [-0.15, -0.1) is 11.3 Å². The number of nitrogens with zero attached hydrogens (tertiary/aromatic N) is 1. The second-order valence-corrected chi connectivity index (χ2v) is 8.23. The van der Waals surface area contributed by atoms with Gasteiger partial charge in [0.25, 0.3) is 0 Å². The Bertz CT molecular complexity index is 516. The Morgan fingerprint density at radius 3 is 2.67 bits per heavy atom. The second-order valence-electron chi connectivity index (χ2n) is 4.80. The van der Waals surface area contributed by atoms with Crippen LogP contribution < -0.4 is 5.32 Å². The van der Waals surface area contributed by atoms with Crippen molar-refractivity contribution in [2.45, 2.75) is 37.6 Å². The lowest BCUT2D eigenvalue weighted by atomic mass is 10.1. The molecule has 1 unspecified atom stereocenters. The third-order valence-electron chi connectivity index (χ3n) is 3.44. The first-order valence-corrected chi connectivity index (χ1v) is 8.44. The molecule has 1 aromatic heterocycles. The van der Waals surface area contributed by atoms with Crippen LogP contribution in [0, 0.1) is 13.8 Å². The zero-order valence-corrected chi connectivity index (χ0v) is 12.7. The highest BCUT2D eigenvalue weighted by Gasteiger charge is 2.30. The van der Waals surface area contributed by atoms with E-state index >= 15 is 0 Å². The van der Waals surface area contributed by atoms with Gasteiger partial charge in [0.15, 0.2) is 0 Å². The average Bonchev–Trinajstić information content (AvgIpc) is 2.69. The molecule has 1 saturated heterocycles. The largest absolute Gasteiger partial charge is 0.315 e. The zero-order valence-electron chi connectivity index (χ0n) is 11.1. The molecule has 2 rings (SSSR count). The fraction of sp³-hybridized carbons (Fsp3) is 0.667. The van der Waals surface area contributed by atoms with Crippen LogP contribution >= 0.6 is 11.3 Å². The molecular formula is C12H20N2O2S2. The van der Waals surface area contributed by atoms with Gasteiger partial charge in [-0.1, -0.05) is 0 Å². The van der Waals surface area contributed by atoms with E-state index in [-0.39, 0.29) is 6.04 Å². The molecule has 0 radical (unpaired) electrons. The molecule has 1 aliphatic heterocycles. The molecular weight excluding hydrogens is 268 g/mol. The van der Waals surface area contributed by atoms with E-state index < -0.39 is 10.0 Å². The van der Waals surface area contributed by atoms with Gasteiger partial charge in [-0.05, 0) is 39.3 Å². The van der Waals surface area contributed by atoms with Crippen LogP contribution in [0.4, 0.5) is 0 Å². The van der Waals surface area contributed by atoms with Crippen molar-refractivity contribution in [1.29, 1.82) is 0 Å². The van der Waals surface area contributed by atoms with Gasteiger partial charge in [0.05, 0.1) is 4.90 Å². The van der Waals surface area contributed by atoms with Crippen molar-refractivity contribution in [1.82, 2.24) is 9.62 Å². The maximum atomic E-state index is 12.6. The van der Waals surface area contributed by atoms with Crippen molar-refractivity contribution < 1.29 is 8.42 Å². The highest BCUT2D eigenvalue weighted by molar-refractivity contribution is 7.89. The first kappa shape index (κ1) is 14.0. The van der Waals surface area contributed by atoms with E-state index in [1.165, 1.54) is 15.6 Å². The van der Waals surface area contributed by atoms with Crippen molar-refractivity contribution in [3.8, 4) is 0 Å². The van der Waals surface area contributed by atoms with Gasteiger partial charge < -0.3 is 5.32 Å². The molecule has 0 saturated carbocycles. The van der Waals surface area contributed by atoms with E-state index in [1.807, 2.05) is 13.8 Å². The van der Waals surface area contributed by atoms with Crippen molar-refractivity contribution in [2.75, 3.05) is 20.1 Å². The van der Waals surface area contributed by atoms with Gasteiger partial charge in [0.2, 0.25) is 10.0 Å². The number of hydrogen-bond acceptors (Lipinski definition) is 4. The molecule has 4 nitrogen and oxygen atoms in total. The van der Waals surface area contributed by atoms with Gasteiger partial charge in [-0.25, -0.2) is 8.42 Å². The quantitative estimate of drug-likeness (QED) is 0.921.